The van der Waals surface area contributed by atoms with E-state index in [4.69, 9.17) is 4.74 Å². The monoisotopic (exact) mass is 439 g/mol. The van der Waals surface area contributed by atoms with E-state index in [0.29, 0.717) is 12.1 Å². The van der Waals surface area contributed by atoms with Gasteiger partial charge in [-0.05, 0) is 61.0 Å². The van der Waals surface area contributed by atoms with Crippen LogP contribution in [0.1, 0.15) is 55.5 Å². The zero-order chi connectivity index (χ0) is 23.4. The number of fused-ring (bicyclic) bond motifs is 1. The van der Waals surface area contributed by atoms with Crippen LogP contribution < -0.4 is 4.90 Å². The van der Waals surface area contributed by atoms with E-state index in [0.717, 1.165) is 16.0 Å². The molecular formula is C27H21NO5. The van der Waals surface area contributed by atoms with Crippen molar-refractivity contribution in [2.75, 3.05) is 11.5 Å². The minimum Gasteiger partial charge on any atom is -0.459 e. The van der Waals surface area contributed by atoms with Crippen LogP contribution in [0.25, 0.3) is 0 Å². The molecule has 3 aromatic carbocycles. The summed E-state index contributed by atoms with van der Waals surface area (Å²) in [7, 11) is 0. The van der Waals surface area contributed by atoms with Crippen LogP contribution in [-0.2, 0) is 4.74 Å². The Balaban J connectivity index is 1.52. The normalized spacial score (nSPS) is 13.2. The van der Waals surface area contributed by atoms with Crippen molar-refractivity contribution in [3.05, 3.63) is 101 Å². The third kappa shape index (κ3) is 4.69. The number of aliphatic hydroxyl groups excluding tert-OH is 1. The fraction of sp³-hybridized carbons (Fsp3) is 0.148. The van der Waals surface area contributed by atoms with E-state index in [2.05, 4.69) is 11.8 Å². The lowest BCUT2D eigenvalue weighted by Gasteiger charge is -2.13. The third-order valence-electron chi connectivity index (χ3n) is 5.25. The van der Waals surface area contributed by atoms with Gasteiger partial charge < -0.3 is 9.84 Å². The first-order valence-corrected chi connectivity index (χ1v) is 10.5. The van der Waals surface area contributed by atoms with Crippen molar-refractivity contribution < 1.29 is 24.2 Å². The quantitative estimate of drug-likeness (QED) is 0.371. The maximum atomic E-state index is 13.0. The summed E-state index contributed by atoms with van der Waals surface area (Å²) in [6, 6.07) is 20.6. The summed E-state index contributed by atoms with van der Waals surface area (Å²) < 4.78 is 5.07. The summed E-state index contributed by atoms with van der Waals surface area (Å²) in [6.45, 7) is 1.64. The lowest BCUT2D eigenvalue weighted by molar-refractivity contribution is 0.0250. The number of imide groups is 1. The summed E-state index contributed by atoms with van der Waals surface area (Å²) in [6.07, 6.45) is -0.293. The molecule has 0 saturated heterocycles. The molecule has 6 nitrogen and oxygen atoms in total. The summed E-state index contributed by atoms with van der Waals surface area (Å²) in [5.74, 6) is 4.48. The van der Waals surface area contributed by atoms with Gasteiger partial charge in [-0.3, -0.25) is 9.59 Å². The highest BCUT2D eigenvalue weighted by molar-refractivity contribution is 6.34. The molecule has 2 amide bonds. The smallest absolute Gasteiger partial charge is 0.338 e. The molecule has 0 saturated carbocycles. The fourth-order valence-corrected chi connectivity index (χ4v) is 3.34. The van der Waals surface area contributed by atoms with E-state index in [1.165, 1.54) is 18.2 Å². The molecule has 1 N–H and O–H groups in total. The van der Waals surface area contributed by atoms with Crippen LogP contribution in [0, 0.1) is 11.8 Å². The summed E-state index contributed by atoms with van der Waals surface area (Å²) in [5, 5.41) is 9.57. The molecule has 1 aliphatic heterocycles. The third-order valence-corrected chi connectivity index (χ3v) is 5.25. The Morgan fingerprint density at radius 1 is 0.909 bits per heavy atom. The number of aliphatic hydroxyl groups is 1. The van der Waals surface area contributed by atoms with Gasteiger partial charge in [-0.25, -0.2) is 9.69 Å². The molecule has 164 valence electrons. The van der Waals surface area contributed by atoms with E-state index < -0.39 is 23.9 Å². The number of amides is 2. The highest BCUT2D eigenvalue weighted by Crippen LogP contribution is 2.29. The molecule has 0 bridgehead atoms. The Morgan fingerprint density at radius 2 is 1.55 bits per heavy atom. The Morgan fingerprint density at radius 3 is 2.21 bits per heavy atom. The van der Waals surface area contributed by atoms with Crippen molar-refractivity contribution in [1.82, 2.24) is 0 Å². The van der Waals surface area contributed by atoms with Gasteiger partial charge in [0.15, 0.2) is 0 Å². The number of ether oxygens (including phenoxy) is 1. The number of esters is 1. The van der Waals surface area contributed by atoms with Crippen LogP contribution in [0.3, 0.4) is 0 Å². The first-order chi connectivity index (χ1) is 16.0. The highest BCUT2D eigenvalue weighted by Gasteiger charge is 2.37. The molecule has 0 spiro atoms. The Labute approximate surface area is 191 Å². The molecule has 0 radical (unpaired) electrons. The highest BCUT2D eigenvalue weighted by atomic mass is 16.5. The lowest BCUT2D eigenvalue weighted by Crippen LogP contribution is -2.29. The van der Waals surface area contributed by atoms with Gasteiger partial charge in [-0.15, -0.1) is 0 Å². The fourth-order valence-electron chi connectivity index (χ4n) is 3.34. The molecule has 1 unspecified atom stereocenters. The second-order valence-electron chi connectivity index (χ2n) is 7.53. The maximum absolute atomic E-state index is 13.0. The molecule has 0 aromatic heterocycles. The second-order valence-corrected chi connectivity index (χ2v) is 7.53. The van der Waals surface area contributed by atoms with Gasteiger partial charge in [-0.2, -0.15) is 0 Å². The standard InChI is InChI=1S/C27H21NO5/c1-2-22(29)17-33-27(32)20-12-15-23-24(16-20)26(31)28(25(23)30)21-13-10-19(11-14-21)9-8-18-6-4-3-5-7-18/h3-7,10-16,22,29H,2,17H2,1H3. The Bertz CT molecular complexity index is 1270. The average molecular weight is 439 g/mol. The van der Waals surface area contributed by atoms with Crippen molar-refractivity contribution in [1.29, 1.82) is 0 Å². The Kier molecular flexibility index (Phi) is 6.34. The zero-order valence-electron chi connectivity index (χ0n) is 17.9. The van der Waals surface area contributed by atoms with Gasteiger partial charge in [-0.1, -0.05) is 37.0 Å². The molecule has 1 aliphatic rings. The van der Waals surface area contributed by atoms with Gasteiger partial charge in [0.1, 0.15) is 6.61 Å². The number of anilines is 1. The summed E-state index contributed by atoms with van der Waals surface area (Å²) >= 11 is 0. The molecule has 3 aromatic rings. The summed E-state index contributed by atoms with van der Waals surface area (Å²) in [5.41, 5.74) is 2.56. The number of nitrogens with zero attached hydrogens (tertiary/aromatic N) is 1. The topological polar surface area (TPSA) is 83.9 Å². The predicted molar refractivity (Wildman–Crippen MR) is 123 cm³/mol. The minimum absolute atomic E-state index is 0.134. The van der Waals surface area contributed by atoms with E-state index in [1.807, 2.05) is 30.3 Å². The van der Waals surface area contributed by atoms with Crippen LogP contribution in [-0.4, -0.2) is 35.6 Å². The molecule has 4 rings (SSSR count). The van der Waals surface area contributed by atoms with Crippen molar-refractivity contribution in [3.8, 4) is 11.8 Å². The average Bonchev–Trinajstić information content (AvgIpc) is 3.11. The lowest BCUT2D eigenvalue weighted by atomic mass is 10.1. The second kappa shape index (κ2) is 9.51. The number of hydrogen-bond acceptors (Lipinski definition) is 5. The van der Waals surface area contributed by atoms with Crippen molar-refractivity contribution >= 4 is 23.5 Å². The van der Waals surface area contributed by atoms with Gasteiger partial charge in [0, 0.05) is 11.1 Å². The van der Waals surface area contributed by atoms with Crippen LogP contribution in [0.5, 0.6) is 0 Å². The molecule has 1 heterocycles. The van der Waals surface area contributed by atoms with Gasteiger partial charge in [0.05, 0.1) is 28.5 Å². The van der Waals surface area contributed by atoms with Crippen molar-refractivity contribution in [2.24, 2.45) is 0 Å². The molecule has 0 aliphatic carbocycles. The molecule has 33 heavy (non-hydrogen) atoms. The number of carbonyl (C=O) groups is 3. The van der Waals surface area contributed by atoms with Crippen molar-refractivity contribution in [2.45, 2.75) is 19.4 Å². The molecular weight excluding hydrogens is 418 g/mol. The van der Waals surface area contributed by atoms with Crippen LogP contribution in [0.15, 0.2) is 72.8 Å². The minimum atomic E-state index is -0.748. The first-order valence-electron chi connectivity index (χ1n) is 10.5. The van der Waals surface area contributed by atoms with E-state index in [9.17, 15) is 19.5 Å². The van der Waals surface area contributed by atoms with Crippen LogP contribution in [0.2, 0.25) is 0 Å². The Hall–Kier alpha value is -4.21. The maximum Gasteiger partial charge on any atom is 0.338 e. The number of carbonyl (C=O) groups excluding carboxylic acids is 3. The molecule has 0 fully saturated rings. The number of benzene rings is 3. The number of hydrogen-bond donors (Lipinski definition) is 1. The van der Waals surface area contributed by atoms with Gasteiger partial charge >= 0.3 is 5.97 Å². The van der Waals surface area contributed by atoms with E-state index >= 15 is 0 Å². The van der Waals surface area contributed by atoms with Crippen molar-refractivity contribution in [3.63, 3.8) is 0 Å². The number of rotatable bonds is 5. The van der Waals surface area contributed by atoms with E-state index in [1.54, 1.807) is 31.2 Å². The predicted octanol–water partition coefficient (Wildman–Crippen LogP) is 3.81. The van der Waals surface area contributed by atoms with Gasteiger partial charge in [0.2, 0.25) is 0 Å². The first kappa shape index (κ1) is 22.0. The SMILES string of the molecule is CCC(O)COC(=O)c1ccc2c(c1)C(=O)N(c1ccc(C#Cc3ccccc3)cc1)C2=O. The van der Waals surface area contributed by atoms with E-state index in [-0.39, 0.29) is 23.3 Å². The zero-order valence-corrected chi connectivity index (χ0v) is 17.9. The molecule has 1 atom stereocenters. The van der Waals surface area contributed by atoms with Crippen LogP contribution in [0.4, 0.5) is 5.69 Å². The largest absolute Gasteiger partial charge is 0.459 e. The summed E-state index contributed by atoms with van der Waals surface area (Å²) in [4.78, 5) is 39.2. The van der Waals surface area contributed by atoms with Crippen LogP contribution >= 0.6 is 0 Å². The molecule has 6 heteroatoms. The van der Waals surface area contributed by atoms with Gasteiger partial charge in [0.25, 0.3) is 11.8 Å².